The molecule has 0 rings (SSSR count). The van der Waals surface area contributed by atoms with E-state index in [1.165, 1.54) is 167 Å². The van der Waals surface area contributed by atoms with Gasteiger partial charge in [-0.3, -0.25) is 9.59 Å². The Hall–Kier alpha value is -0.310. The summed E-state index contributed by atoms with van der Waals surface area (Å²) in [6.45, 7) is 6.16. The van der Waals surface area contributed by atoms with E-state index in [1.54, 1.807) is 0 Å². The summed E-state index contributed by atoms with van der Waals surface area (Å²) >= 11 is 0. The number of ketones is 2. The molecule has 0 aliphatic carbocycles. The minimum atomic E-state index is -0.464. The van der Waals surface area contributed by atoms with E-state index in [0.717, 1.165) is 45.5 Å². The summed E-state index contributed by atoms with van der Waals surface area (Å²) in [6.07, 6.45) is 41.3. The monoisotopic (exact) mass is 696 g/mol. The van der Waals surface area contributed by atoms with Gasteiger partial charge in [0.25, 0.3) is 0 Å². The Morgan fingerprint density at radius 2 is 0.729 bits per heavy atom. The van der Waals surface area contributed by atoms with E-state index in [-0.39, 0.29) is 11.6 Å². The van der Waals surface area contributed by atoms with Crippen molar-refractivity contribution >= 4 is 20.4 Å². The Morgan fingerprint density at radius 1 is 0.458 bits per heavy atom. The highest BCUT2D eigenvalue weighted by Crippen LogP contribution is 2.23. The Morgan fingerprint density at radius 3 is 1.00 bits per heavy atom. The standard InChI is InChI=1S/C43H86NO3P/c1-6-8-10-12-14-16-18-20-22-24-26-28-30-32-34-36-42(45)41(40-48-47-39-38-44(3,4)5)43(46)37-35-33-31-29-27-25-23-21-19-17-15-13-11-9-7-2/h41H,6-40H2,1-5H3. The summed E-state index contributed by atoms with van der Waals surface area (Å²) in [6, 6.07) is 0. The van der Waals surface area contributed by atoms with Crippen LogP contribution in [0.2, 0.25) is 0 Å². The molecule has 0 unspecified atom stereocenters. The van der Waals surface area contributed by atoms with Crippen LogP contribution in [0, 0.1) is 5.92 Å². The molecular formula is C43H86NO3P. The number of nitrogens with zero attached hydrogens (tertiary/aromatic N) is 1. The van der Waals surface area contributed by atoms with Gasteiger partial charge in [-0.15, -0.1) is 6.16 Å². The van der Waals surface area contributed by atoms with Gasteiger partial charge in [-0.1, -0.05) is 194 Å². The predicted molar refractivity (Wildman–Crippen MR) is 213 cm³/mol. The van der Waals surface area contributed by atoms with Crippen molar-refractivity contribution < 1.29 is 18.6 Å². The second-order valence-corrected chi connectivity index (χ2v) is 16.9. The summed E-state index contributed by atoms with van der Waals surface area (Å²) in [5.74, 6) is -0.134. The van der Waals surface area contributed by atoms with Crippen LogP contribution in [0.4, 0.5) is 0 Å². The van der Waals surface area contributed by atoms with E-state index in [9.17, 15) is 9.59 Å². The van der Waals surface area contributed by atoms with Gasteiger partial charge in [-0.05, 0) is 12.8 Å². The molecule has 0 aromatic heterocycles. The predicted octanol–water partition coefficient (Wildman–Crippen LogP) is 13.8. The fourth-order valence-corrected chi connectivity index (χ4v) is 7.45. The Bertz CT molecular complexity index is 646. The van der Waals surface area contributed by atoms with Crippen LogP contribution in [0.3, 0.4) is 0 Å². The average Bonchev–Trinajstić information content (AvgIpc) is 3.05. The molecule has 0 saturated carbocycles. The molecule has 286 valence electrons. The van der Waals surface area contributed by atoms with Crippen LogP contribution in [-0.2, 0) is 14.1 Å². The second-order valence-electron chi connectivity index (χ2n) is 16.0. The van der Waals surface area contributed by atoms with Crippen molar-refractivity contribution in [2.45, 2.75) is 219 Å². The van der Waals surface area contributed by atoms with Gasteiger partial charge in [0.05, 0.1) is 40.2 Å². The lowest BCUT2D eigenvalue weighted by Crippen LogP contribution is -2.37. The summed E-state index contributed by atoms with van der Waals surface area (Å²) in [5.41, 5.74) is 0. The van der Waals surface area contributed by atoms with Gasteiger partial charge in [0, 0.05) is 12.8 Å². The van der Waals surface area contributed by atoms with Crippen molar-refractivity contribution in [3.05, 3.63) is 0 Å². The van der Waals surface area contributed by atoms with Gasteiger partial charge >= 0.3 is 0 Å². The van der Waals surface area contributed by atoms with E-state index >= 15 is 0 Å². The third kappa shape index (κ3) is 35.5. The van der Waals surface area contributed by atoms with Crippen LogP contribution in [0.5, 0.6) is 0 Å². The van der Waals surface area contributed by atoms with Gasteiger partial charge < -0.3 is 17.8 Å². The number of hydrogen-bond donors (Lipinski definition) is 0. The molecule has 0 fully saturated rings. The lowest BCUT2D eigenvalue weighted by molar-refractivity contribution is -0.870. The van der Waals surface area contributed by atoms with E-state index in [0.29, 0.717) is 25.6 Å². The summed E-state index contributed by atoms with van der Waals surface area (Å²) in [5, 5.41) is 0. The lowest BCUT2D eigenvalue weighted by atomic mass is 9.93. The molecule has 0 aliphatic heterocycles. The van der Waals surface area contributed by atoms with Crippen molar-refractivity contribution in [1.29, 1.82) is 0 Å². The van der Waals surface area contributed by atoms with Crippen molar-refractivity contribution in [2.24, 2.45) is 5.92 Å². The first-order valence-corrected chi connectivity index (χ1v) is 22.5. The molecule has 48 heavy (non-hydrogen) atoms. The molecule has 0 saturated heterocycles. The van der Waals surface area contributed by atoms with Gasteiger partial charge in [0.1, 0.15) is 11.6 Å². The summed E-state index contributed by atoms with van der Waals surface area (Å²) < 4.78 is 6.71. The van der Waals surface area contributed by atoms with Crippen LogP contribution in [0.25, 0.3) is 0 Å². The summed E-state index contributed by atoms with van der Waals surface area (Å²) in [4.78, 5) is 26.4. The van der Waals surface area contributed by atoms with Crippen molar-refractivity contribution in [3.63, 3.8) is 0 Å². The smallest absolute Gasteiger partial charge is 0.140 e. The second kappa shape index (κ2) is 36.5. The van der Waals surface area contributed by atoms with E-state index < -0.39 is 5.92 Å². The van der Waals surface area contributed by atoms with Crippen LogP contribution in [0.15, 0.2) is 0 Å². The molecule has 4 nitrogen and oxygen atoms in total. The maximum atomic E-state index is 13.2. The molecule has 5 heteroatoms. The van der Waals surface area contributed by atoms with E-state index in [1.807, 2.05) is 0 Å². The van der Waals surface area contributed by atoms with Crippen molar-refractivity contribution in [3.8, 4) is 0 Å². The van der Waals surface area contributed by atoms with Gasteiger partial charge in [0.2, 0.25) is 0 Å². The third-order valence-corrected chi connectivity index (χ3v) is 10.9. The maximum absolute atomic E-state index is 13.2. The maximum Gasteiger partial charge on any atom is 0.140 e. The minimum Gasteiger partial charge on any atom is -0.553 e. The Balaban J connectivity index is 4.10. The fraction of sp³-hybridized carbons (Fsp3) is 0.953. The quantitative estimate of drug-likeness (QED) is 0.0277. The highest BCUT2D eigenvalue weighted by Gasteiger charge is 2.22. The molecule has 0 spiro atoms. The number of rotatable bonds is 40. The normalized spacial score (nSPS) is 12.2. The Labute approximate surface area is 303 Å². The first-order chi connectivity index (χ1) is 23.3. The topological polar surface area (TPSA) is 43.4 Å². The van der Waals surface area contributed by atoms with Crippen molar-refractivity contribution in [2.75, 3.05) is 40.5 Å². The number of Topliss-reactive ketones (excluding diaryl/α,β-unsaturated/α-hetero) is 2. The average molecular weight is 696 g/mol. The fourth-order valence-electron chi connectivity index (χ4n) is 6.58. The van der Waals surface area contributed by atoms with Gasteiger partial charge in [-0.25, -0.2) is 0 Å². The third-order valence-electron chi connectivity index (χ3n) is 10.0. The van der Waals surface area contributed by atoms with Crippen molar-refractivity contribution in [1.82, 2.24) is 0 Å². The number of carbonyl (C=O) groups is 2. The zero-order valence-electron chi connectivity index (χ0n) is 33.4. The highest BCUT2D eigenvalue weighted by atomic mass is 31.1. The molecule has 0 amide bonds. The molecule has 0 bridgehead atoms. The van der Waals surface area contributed by atoms with Crippen LogP contribution in [0.1, 0.15) is 219 Å². The van der Waals surface area contributed by atoms with Crippen LogP contribution in [-0.4, -0.2) is 56.5 Å². The zero-order valence-corrected chi connectivity index (χ0v) is 34.3. The van der Waals surface area contributed by atoms with Gasteiger partial charge in [0.15, 0.2) is 0 Å². The number of unbranched alkanes of at least 4 members (excludes halogenated alkanes) is 28. The molecule has 0 N–H and O–H groups in total. The number of carbonyl (C=O) groups excluding carboxylic acids is 2. The first kappa shape index (κ1) is 47.7. The number of likely N-dealkylation sites (N-methyl/N-ethyl adjacent to an activating group) is 1. The molecule has 0 aliphatic rings. The minimum absolute atomic E-state index is 0.165. The summed E-state index contributed by atoms with van der Waals surface area (Å²) in [7, 11) is 7.26. The molecule has 0 aromatic rings. The molecule has 0 aromatic carbocycles. The highest BCUT2D eigenvalue weighted by molar-refractivity contribution is 7.32. The van der Waals surface area contributed by atoms with E-state index in [2.05, 4.69) is 35.0 Å². The molecular weight excluding hydrogens is 609 g/mol. The van der Waals surface area contributed by atoms with Gasteiger partial charge in [-0.2, -0.15) is 0 Å². The largest absolute Gasteiger partial charge is 0.553 e. The Kier molecular flexibility index (Phi) is 36.2. The van der Waals surface area contributed by atoms with Crippen LogP contribution >= 0.6 is 8.81 Å². The SMILES string of the molecule is CCCCCCCCCCCCCCCCCC(=O)C(C[P-]OCC[N+](C)(C)C)C(=O)CCCCCCCCCCCCCCCCC. The number of hydrogen-bond acceptors (Lipinski definition) is 3. The van der Waals surface area contributed by atoms with E-state index in [4.69, 9.17) is 4.52 Å². The van der Waals surface area contributed by atoms with Crippen LogP contribution < -0.4 is 0 Å². The lowest BCUT2D eigenvalue weighted by Gasteiger charge is -2.28. The number of quaternary nitrogens is 1. The first-order valence-electron chi connectivity index (χ1n) is 21.5. The molecule has 0 atom stereocenters. The molecule has 0 heterocycles. The molecule has 0 radical (unpaired) electrons. The zero-order chi connectivity index (χ0) is 35.4.